The van der Waals surface area contributed by atoms with E-state index in [2.05, 4.69) is 22.5 Å². The van der Waals surface area contributed by atoms with Crippen molar-refractivity contribution in [3.05, 3.63) is 0 Å². The van der Waals surface area contributed by atoms with Gasteiger partial charge in [-0.15, -0.1) is 0 Å². The van der Waals surface area contributed by atoms with E-state index in [9.17, 15) is 9.59 Å². The highest BCUT2D eigenvalue weighted by atomic mass is 16.6. The summed E-state index contributed by atoms with van der Waals surface area (Å²) in [5.41, 5.74) is -0.564. The van der Waals surface area contributed by atoms with Crippen LogP contribution in [0, 0.1) is 5.92 Å². The van der Waals surface area contributed by atoms with Crippen LogP contribution in [-0.2, 0) is 9.53 Å². The van der Waals surface area contributed by atoms with Crippen LogP contribution in [0.2, 0.25) is 0 Å². The van der Waals surface area contributed by atoms with Crippen molar-refractivity contribution < 1.29 is 14.3 Å². The molecule has 1 aliphatic heterocycles. The van der Waals surface area contributed by atoms with Crippen molar-refractivity contribution >= 4 is 12.0 Å². The van der Waals surface area contributed by atoms with Crippen LogP contribution in [0.15, 0.2) is 0 Å². The normalized spacial score (nSPS) is 18.6. The molecule has 0 aromatic rings. The van der Waals surface area contributed by atoms with Crippen molar-refractivity contribution in [2.24, 2.45) is 5.92 Å². The highest BCUT2D eigenvalue weighted by molar-refractivity contribution is 5.85. The summed E-state index contributed by atoms with van der Waals surface area (Å²) in [5, 5.41) is 5.40. The number of rotatable bonds is 5. The third kappa shape index (κ3) is 7.64. The molecule has 1 heterocycles. The van der Waals surface area contributed by atoms with Crippen LogP contribution in [0.3, 0.4) is 0 Å². The first-order valence-corrected chi connectivity index (χ1v) is 8.17. The molecule has 128 valence electrons. The minimum Gasteiger partial charge on any atom is -0.444 e. The minimum absolute atomic E-state index is 0.184. The maximum Gasteiger partial charge on any atom is 0.408 e. The second kappa shape index (κ2) is 8.36. The molecule has 6 nitrogen and oxygen atoms in total. The third-order valence-corrected chi connectivity index (χ3v) is 3.73. The highest BCUT2D eigenvalue weighted by Crippen LogP contribution is 2.15. The summed E-state index contributed by atoms with van der Waals surface area (Å²) in [5.74, 6) is 0.625. The highest BCUT2D eigenvalue weighted by Gasteiger charge is 2.21. The van der Waals surface area contributed by atoms with Crippen molar-refractivity contribution in [2.45, 2.75) is 59.1 Å². The minimum atomic E-state index is -0.601. The van der Waals surface area contributed by atoms with E-state index in [4.69, 9.17) is 4.74 Å². The molecule has 0 spiro atoms. The summed E-state index contributed by atoms with van der Waals surface area (Å²) in [6.07, 6.45) is 1.88. The lowest BCUT2D eigenvalue weighted by Gasteiger charge is -2.30. The number of likely N-dealkylation sites (tertiary alicyclic amines) is 1. The molecular formula is C16H31N3O3. The lowest BCUT2D eigenvalue weighted by Crippen LogP contribution is -2.48. The first-order chi connectivity index (χ1) is 10.2. The van der Waals surface area contributed by atoms with E-state index in [1.165, 1.54) is 12.8 Å². The van der Waals surface area contributed by atoms with Gasteiger partial charge in [-0.25, -0.2) is 4.79 Å². The van der Waals surface area contributed by atoms with Crippen LogP contribution < -0.4 is 10.6 Å². The average molecular weight is 313 g/mol. The molecule has 0 saturated carbocycles. The lowest BCUT2D eigenvalue weighted by atomic mass is 9.99. The van der Waals surface area contributed by atoms with Crippen molar-refractivity contribution in [1.29, 1.82) is 0 Å². The Morgan fingerprint density at radius 1 is 1.27 bits per heavy atom. The standard InChI is InChI=1S/C16H31N3O3/c1-12-6-9-19(10-7-12)11-8-17-14(20)13(2)18-15(21)22-16(3,4)5/h12-13H,6-11H2,1-5H3,(H,17,20)(H,18,21)/t13-/m1/s1. The zero-order chi connectivity index (χ0) is 16.8. The number of piperidine rings is 1. The molecule has 1 rings (SSSR count). The van der Waals surface area contributed by atoms with E-state index in [0.29, 0.717) is 6.54 Å². The molecular weight excluding hydrogens is 282 g/mol. The first kappa shape index (κ1) is 18.7. The molecule has 2 N–H and O–H groups in total. The number of ether oxygens (including phenoxy) is 1. The molecule has 0 aromatic heterocycles. The van der Waals surface area contributed by atoms with E-state index in [0.717, 1.165) is 25.6 Å². The Morgan fingerprint density at radius 2 is 1.86 bits per heavy atom. The molecule has 2 amide bonds. The van der Waals surface area contributed by atoms with Gasteiger partial charge in [0, 0.05) is 13.1 Å². The maximum atomic E-state index is 11.9. The second-order valence-electron chi connectivity index (χ2n) is 7.18. The summed E-state index contributed by atoms with van der Waals surface area (Å²) < 4.78 is 5.13. The third-order valence-electron chi connectivity index (χ3n) is 3.73. The van der Waals surface area contributed by atoms with Gasteiger partial charge in [0.15, 0.2) is 0 Å². The molecule has 1 atom stereocenters. The largest absolute Gasteiger partial charge is 0.444 e. The molecule has 0 radical (unpaired) electrons. The second-order valence-corrected chi connectivity index (χ2v) is 7.18. The zero-order valence-electron chi connectivity index (χ0n) is 14.6. The average Bonchev–Trinajstić information content (AvgIpc) is 2.38. The first-order valence-electron chi connectivity index (χ1n) is 8.17. The predicted octanol–water partition coefficient (Wildman–Crippen LogP) is 1.75. The van der Waals surface area contributed by atoms with Crippen LogP contribution in [-0.4, -0.2) is 54.7 Å². The Morgan fingerprint density at radius 3 is 2.41 bits per heavy atom. The molecule has 1 fully saturated rings. The van der Waals surface area contributed by atoms with Gasteiger partial charge in [0.05, 0.1) is 0 Å². The molecule has 0 unspecified atom stereocenters. The van der Waals surface area contributed by atoms with Gasteiger partial charge in [0.25, 0.3) is 0 Å². The number of carbonyl (C=O) groups is 2. The van der Waals surface area contributed by atoms with Crippen LogP contribution >= 0.6 is 0 Å². The predicted molar refractivity (Wildman–Crippen MR) is 86.7 cm³/mol. The Bertz CT molecular complexity index is 371. The fourth-order valence-corrected chi connectivity index (χ4v) is 2.33. The number of carbonyl (C=O) groups excluding carboxylic acids is 2. The van der Waals surface area contributed by atoms with E-state index < -0.39 is 17.7 Å². The Kier molecular flexibility index (Phi) is 7.13. The quantitative estimate of drug-likeness (QED) is 0.811. The molecule has 22 heavy (non-hydrogen) atoms. The van der Waals surface area contributed by atoms with Gasteiger partial charge < -0.3 is 20.3 Å². The SMILES string of the molecule is CC1CCN(CCNC(=O)[C@@H](C)NC(=O)OC(C)(C)C)CC1. The smallest absolute Gasteiger partial charge is 0.408 e. The van der Waals surface area contributed by atoms with Gasteiger partial charge in [-0.05, 0) is 59.5 Å². The van der Waals surface area contributed by atoms with Gasteiger partial charge in [-0.2, -0.15) is 0 Å². The molecule has 0 aromatic carbocycles. The summed E-state index contributed by atoms with van der Waals surface area (Å²) >= 11 is 0. The molecule has 1 aliphatic rings. The Labute approximate surface area is 134 Å². The summed E-state index contributed by atoms with van der Waals surface area (Å²) in [6.45, 7) is 13.0. The van der Waals surface area contributed by atoms with E-state index in [-0.39, 0.29) is 5.91 Å². The number of hydrogen-bond donors (Lipinski definition) is 2. The Hall–Kier alpha value is -1.30. The van der Waals surface area contributed by atoms with Crippen molar-refractivity contribution in [1.82, 2.24) is 15.5 Å². The van der Waals surface area contributed by atoms with Gasteiger partial charge in [-0.1, -0.05) is 6.92 Å². The summed E-state index contributed by atoms with van der Waals surface area (Å²) in [6, 6.07) is -0.601. The summed E-state index contributed by atoms with van der Waals surface area (Å²) in [7, 11) is 0. The number of amides is 2. The molecule has 6 heteroatoms. The topological polar surface area (TPSA) is 70.7 Å². The van der Waals surface area contributed by atoms with Crippen LogP contribution in [0.5, 0.6) is 0 Å². The van der Waals surface area contributed by atoms with E-state index in [1.807, 2.05) is 0 Å². The number of nitrogens with one attached hydrogen (secondary N) is 2. The van der Waals surface area contributed by atoms with Crippen LogP contribution in [0.25, 0.3) is 0 Å². The fourth-order valence-electron chi connectivity index (χ4n) is 2.33. The van der Waals surface area contributed by atoms with Crippen LogP contribution in [0.1, 0.15) is 47.5 Å². The Balaban J connectivity index is 2.20. The van der Waals surface area contributed by atoms with Crippen LogP contribution in [0.4, 0.5) is 4.79 Å². The molecule has 0 bridgehead atoms. The molecule has 0 aliphatic carbocycles. The van der Waals surface area contributed by atoms with Gasteiger partial charge in [-0.3, -0.25) is 4.79 Å². The number of alkyl carbamates (subject to hydrolysis) is 1. The summed E-state index contributed by atoms with van der Waals surface area (Å²) in [4.78, 5) is 25.9. The monoisotopic (exact) mass is 313 g/mol. The van der Waals surface area contributed by atoms with Gasteiger partial charge in [0.1, 0.15) is 11.6 Å². The van der Waals surface area contributed by atoms with Crippen molar-refractivity contribution in [3.8, 4) is 0 Å². The van der Waals surface area contributed by atoms with Gasteiger partial charge in [0.2, 0.25) is 5.91 Å². The van der Waals surface area contributed by atoms with Gasteiger partial charge >= 0.3 is 6.09 Å². The fraction of sp³-hybridized carbons (Fsp3) is 0.875. The number of nitrogens with zero attached hydrogens (tertiary/aromatic N) is 1. The van der Waals surface area contributed by atoms with E-state index in [1.54, 1.807) is 27.7 Å². The van der Waals surface area contributed by atoms with E-state index >= 15 is 0 Å². The van der Waals surface area contributed by atoms with Crippen molar-refractivity contribution in [3.63, 3.8) is 0 Å². The maximum absolute atomic E-state index is 11.9. The molecule has 1 saturated heterocycles. The zero-order valence-corrected chi connectivity index (χ0v) is 14.6. The lowest BCUT2D eigenvalue weighted by molar-refractivity contribution is -0.122. The van der Waals surface area contributed by atoms with Crippen molar-refractivity contribution in [2.75, 3.05) is 26.2 Å². The number of hydrogen-bond acceptors (Lipinski definition) is 4.